The third-order valence-electron chi connectivity index (χ3n) is 2.04. The molecule has 0 aliphatic carbocycles. The highest BCUT2D eigenvalue weighted by molar-refractivity contribution is 5.90. The summed E-state index contributed by atoms with van der Waals surface area (Å²) in [5, 5.41) is 2.77. The lowest BCUT2D eigenvalue weighted by atomic mass is 10.2. The molecule has 1 amide bonds. The van der Waals surface area contributed by atoms with Crippen molar-refractivity contribution in [2.75, 3.05) is 25.6 Å². The highest BCUT2D eigenvalue weighted by Gasteiger charge is 2.01. The summed E-state index contributed by atoms with van der Waals surface area (Å²) in [4.78, 5) is 11.4. The third-order valence-corrected chi connectivity index (χ3v) is 2.04. The first-order chi connectivity index (χ1) is 8.26. The molecule has 0 saturated heterocycles. The molecular formula is C13H16N2O2. The number of carbonyl (C=O) groups is 1. The zero-order chi connectivity index (χ0) is 12.5. The normalized spacial score (nSPS) is 9.29. The second kappa shape index (κ2) is 7.44. The largest absolute Gasteiger partial charge is 0.384 e. The Balaban J connectivity index is 2.53. The summed E-state index contributed by atoms with van der Waals surface area (Å²) in [5.74, 6) is 5.62. The lowest BCUT2D eigenvalue weighted by Gasteiger charge is -2.04. The lowest BCUT2D eigenvalue weighted by molar-refractivity contribution is -0.117. The number of benzene rings is 1. The summed E-state index contributed by atoms with van der Waals surface area (Å²) >= 11 is 0. The van der Waals surface area contributed by atoms with Crippen molar-refractivity contribution in [3.63, 3.8) is 0 Å². The summed E-state index contributed by atoms with van der Waals surface area (Å²) in [6, 6.07) is 7.31. The predicted octanol–water partition coefficient (Wildman–Crippen LogP) is 0.972. The summed E-state index contributed by atoms with van der Waals surface area (Å²) in [6.45, 7) is 0.765. The summed E-state index contributed by atoms with van der Waals surface area (Å²) < 4.78 is 4.82. The van der Waals surface area contributed by atoms with Gasteiger partial charge < -0.3 is 15.8 Å². The molecule has 17 heavy (non-hydrogen) atoms. The van der Waals surface area contributed by atoms with E-state index in [4.69, 9.17) is 10.5 Å². The number of rotatable bonds is 4. The van der Waals surface area contributed by atoms with E-state index in [1.165, 1.54) is 0 Å². The molecule has 0 unspecified atom stereocenters. The first-order valence-corrected chi connectivity index (χ1v) is 5.34. The average Bonchev–Trinajstić information content (AvgIpc) is 2.35. The van der Waals surface area contributed by atoms with Crippen LogP contribution in [0.3, 0.4) is 0 Å². The molecule has 90 valence electrons. The van der Waals surface area contributed by atoms with Crippen molar-refractivity contribution < 1.29 is 9.53 Å². The van der Waals surface area contributed by atoms with Crippen LogP contribution in [0, 0.1) is 11.8 Å². The van der Waals surface area contributed by atoms with Crippen molar-refractivity contribution in [1.29, 1.82) is 0 Å². The number of anilines is 1. The molecule has 0 spiro atoms. The van der Waals surface area contributed by atoms with Crippen LogP contribution in [0.2, 0.25) is 0 Å². The van der Waals surface area contributed by atoms with E-state index >= 15 is 0 Å². The molecule has 4 heteroatoms. The molecule has 0 aliphatic heterocycles. The Morgan fingerprint density at radius 3 is 2.71 bits per heavy atom. The Labute approximate surface area is 101 Å². The fourth-order valence-corrected chi connectivity index (χ4v) is 1.21. The van der Waals surface area contributed by atoms with Crippen LogP contribution in [0.25, 0.3) is 0 Å². The topological polar surface area (TPSA) is 64.3 Å². The molecule has 3 N–H and O–H groups in total. The second-order valence-corrected chi connectivity index (χ2v) is 3.37. The van der Waals surface area contributed by atoms with E-state index in [9.17, 15) is 4.79 Å². The van der Waals surface area contributed by atoms with Crippen LogP contribution in [0.4, 0.5) is 5.69 Å². The van der Waals surface area contributed by atoms with Gasteiger partial charge in [-0.15, -0.1) is 0 Å². The van der Waals surface area contributed by atoms with E-state index < -0.39 is 0 Å². The zero-order valence-corrected chi connectivity index (χ0v) is 9.82. The van der Waals surface area contributed by atoms with Gasteiger partial charge in [0.15, 0.2) is 0 Å². The predicted molar refractivity (Wildman–Crippen MR) is 67.5 cm³/mol. The van der Waals surface area contributed by atoms with Crippen LogP contribution in [0.5, 0.6) is 0 Å². The van der Waals surface area contributed by atoms with Crippen LogP contribution in [-0.4, -0.2) is 26.2 Å². The molecule has 0 saturated carbocycles. The van der Waals surface area contributed by atoms with Gasteiger partial charge in [0.1, 0.15) is 0 Å². The van der Waals surface area contributed by atoms with E-state index in [-0.39, 0.29) is 5.91 Å². The van der Waals surface area contributed by atoms with E-state index in [0.717, 1.165) is 11.3 Å². The minimum absolute atomic E-state index is 0.0624. The van der Waals surface area contributed by atoms with E-state index in [1.54, 1.807) is 7.11 Å². The van der Waals surface area contributed by atoms with Crippen molar-refractivity contribution in [2.45, 2.75) is 6.42 Å². The highest BCUT2D eigenvalue weighted by atomic mass is 16.5. The number of hydrogen-bond acceptors (Lipinski definition) is 3. The Morgan fingerprint density at radius 2 is 2.12 bits per heavy atom. The van der Waals surface area contributed by atoms with Gasteiger partial charge in [0.05, 0.1) is 19.6 Å². The molecule has 1 aromatic rings. The molecule has 0 radical (unpaired) electrons. The van der Waals surface area contributed by atoms with Crippen molar-refractivity contribution in [3.8, 4) is 11.8 Å². The fourth-order valence-electron chi connectivity index (χ4n) is 1.21. The zero-order valence-electron chi connectivity index (χ0n) is 9.82. The van der Waals surface area contributed by atoms with Crippen LogP contribution in [0.15, 0.2) is 24.3 Å². The van der Waals surface area contributed by atoms with Gasteiger partial charge in [-0.2, -0.15) is 0 Å². The lowest BCUT2D eigenvalue weighted by Crippen LogP contribution is -2.13. The molecule has 1 aromatic carbocycles. The maximum atomic E-state index is 11.4. The molecule has 0 heterocycles. The van der Waals surface area contributed by atoms with Gasteiger partial charge in [0, 0.05) is 18.4 Å². The van der Waals surface area contributed by atoms with Gasteiger partial charge in [0.2, 0.25) is 5.91 Å². The summed E-state index contributed by atoms with van der Waals surface area (Å²) in [7, 11) is 1.57. The molecule has 4 nitrogen and oxygen atoms in total. The number of nitrogens with two attached hydrogens (primary N) is 1. The fraction of sp³-hybridized carbons (Fsp3) is 0.308. The minimum Gasteiger partial charge on any atom is -0.384 e. The third kappa shape index (κ3) is 5.16. The first kappa shape index (κ1) is 13.2. The standard InChI is InChI=1S/C13H16N2O2/c1-17-10-8-13(16)15-12-6-4-11(5-7-12)3-2-9-14/h4-7H,8-10,14H2,1H3,(H,15,16). The van der Waals surface area contributed by atoms with Gasteiger partial charge >= 0.3 is 0 Å². The van der Waals surface area contributed by atoms with Gasteiger partial charge in [-0.25, -0.2) is 0 Å². The van der Waals surface area contributed by atoms with Crippen molar-refractivity contribution in [1.82, 2.24) is 0 Å². The number of methoxy groups -OCH3 is 1. The van der Waals surface area contributed by atoms with E-state index in [2.05, 4.69) is 17.2 Å². The Bertz CT molecular complexity index is 415. The van der Waals surface area contributed by atoms with E-state index in [1.807, 2.05) is 24.3 Å². The molecule has 0 aliphatic rings. The maximum absolute atomic E-state index is 11.4. The highest BCUT2D eigenvalue weighted by Crippen LogP contribution is 2.09. The van der Waals surface area contributed by atoms with E-state index in [0.29, 0.717) is 19.6 Å². The van der Waals surface area contributed by atoms with Crippen molar-refractivity contribution in [3.05, 3.63) is 29.8 Å². The van der Waals surface area contributed by atoms with Gasteiger partial charge in [0.25, 0.3) is 0 Å². The molecule has 1 rings (SSSR count). The number of carbonyl (C=O) groups excluding carboxylic acids is 1. The molecule has 0 fully saturated rings. The Morgan fingerprint density at radius 1 is 1.41 bits per heavy atom. The van der Waals surface area contributed by atoms with Gasteiger partial charge in [-0.3, -0.25) is 4.79 Å². The minimum atomic E-state index is -0.0624. The SMILES string of the molecule is COCCC(=O)Nc1ccc(C#CCN)cc1. The number of nitrogens with one attached hydrogen (secondary N) is 1. The quantitative estimate of drug-likeness (QED) is 0.760. The summed E-state index contributed by atoms with van der Waals surface area (Å²) in [6.07, 6.45) is 0.352. The van der Waals surface area contributed by atoms with Crippen molar-refractivity contribution >= 4 is 11.6 Å². The van der Waals surface area contributed by atoms with Gasteiger partial charge in [-0.1, -0.05) is 11.8 Å². The number of ether oxygens (including phenoxy) is 1. The van der Waals surface area contributed by atoms with Crippen LogP contribution < -0.4 is 11.1 Å². The molecule has 0 aromatic heterocycles. The molecule has 0 atom stereocenters. The summed E-state index contributed by atoms with van der Waals surface area (Å²) in [5.41, 5.74) is 6.91. The first-order valence-electron chi connectivity index (χ1n) is 5.34. The monoisotopic (exact) mass is 232 g/mol. The molecular weight excluding hydrogens is 216 g/mol. The van der Waals surface area contributed by atoms with Crippen LogP contribution >= 0.6 is 0 Å². The van der Waals surface area contributed by atoms with Gasteiger partial charge in [-0.05, 0) is 24.3 Å². The Kier molecular flexibility index (Phi) is 5.80. The number of amides is 1. The number of hydrogen-bond donors (Lipinski definition) is 2. The molecule has 0 bridgehead atoms. The maximum Gasteiger partial charge on any atom is 0.226 e. The van der Waals surface area contributed by atoms with Crippen LogP contribution in [-0.2, 0) is 9.53 Å². The second-order valence-electron chi connectivity index (χ2n) is 3.37. The Hall–Kier alpha value is -1.83. The van der Waals surface area contributed by atoms with Crippen molar-refractivity contribution in [2.24, 2.45) is 5.73 Å². The van der Waals surface area contributed by atoms with Crippen LogP contribution in [0.1, 0.15) is 12.0 Å². The smallest absolute Gasteiger partial charge is 0.226 e. The average molecular weight is 232 g/mol.